The first-order valence-corrected chi connectivity index (χ1v) is 10.4. The van der Waals surface area contributed by atoms with E-state index < -0.39 is 0 Å². The van der Waals surface area contributed by atoms with E-state index in [9.17, 15) is 4.79 Å². The lowest BCUT2D eigenvalue weighted by molar-refractivity contribution is -0.120. The Labute approximate surface area is 174 Å². The number of hydrogen-bond acceptors (Lipinski definition) is 5. The third kappa shape index (κ3) is 4.24. The molecule has 3 N–H and O–H groups in total. The number of carbonyl (C=O) groups excluding carboxylic acids is 1. The van der Waals surface area contributed by atoms with E-state index in [-0.39, 0.29) is 11.2 Å². The third-order valence-electron chi connectivity index (χ3n) is 4.24. The summed E-state index contributed by atoms with van der Waals surface area (Å²) in [5.74, 6) is 0.571. The van der Waals surface area contributed by atoms with Crippen LogP contribution in [0.15, 0.2) is 35.7 Å². The van der Waals surface area contributed by atoms with Crippen LogP contribution in [-0.2, 0) is 11.2 Å². The first-order chi connectivity index (χ1) is 13.6. The summed E-state index contributed by atoms with van der Waals surface area (Å²) in [4.78, 5) is 30.7. The summed E-state index contributed by atoms with van der Waals surface area (Å²) in [5.41, 5.74) is 3.42. The van der Waals surface area contributed by atoms with Gasteiger partial charge in [0.05, 0.1) is 6.33 Å². The Morgan fingerprint density at radius 3 is 3.00 bits per heavy atom. The van der Waals surface area contributed by atoms with Crippen LogP contribution in [0.25, 0.3) is 22.1 Å². The number of aromatic nitrogens is 5. The Hall–Kier alpha value is -2.29. The Morgan fingerprint density at radius 2 is 2.11 bits per heavy atom. The fourth-order valence-corrected chi connectivity index (χ4v) is 4.22. The predicted octanol–water partition coefficient (Wildman–Crippen LogP) is 3.98. The van der Waals surface area contributed by atoms with Gasteiger partial charge in [0.15, 0.2) is 5.65 Å². The maximum atomic E-state index is 12.1. The van der Waals surface area contributed by atoms with Crippen molar-refractivity contribution in [1.29, 1.82) is 0 Å². The first-order valence-electron chi connectivity index (χ1n) is 8.62. The van der Waals surface area contributed by atoms with Gasteiger partial charge in [0.2, 0.25) is 11.2 Å². The van der Waals surface area contributed by atoms with Crippen molar-refractivity contribution >= 4 is 62.9 Å². The molecule has 4 rings (SSSR count). The summed E-state index contributed by atoms with van der Waals surface area (Å²) in [6.45, 7) is 0.563. The number of nitrogens with zero attached hydrogens (tertiary/aromatic N) is 3. The zero-order chi connectivity index (χ0) is 19.5. The Kier molecular flexibility index (Phi) is 5.70. The molecule has 3 aromatic heterocycles. The summed E-state index contributed by atoms with van der Waals surface area (Å²) >= 11 is 13.4. The van der Waals surface area contributed by atoms with Crippen molar-refractivity contribution in [2.24, 2.45) is 0 Å². The van der Waals surface area contributed by atoms with Gasteiger partial charge in [-0.1, -0.05) is 11.6 Å². The number of thioether (sulfide) groups is 1. The molecular weight excluding hydrogens is 419 g/mol. The second kappa shape index (κ2) is 8.38. The van der Waals surface area contributed by atoms with E-state index in [1.165, 1.54) is 11.8 Å². The highest BCUT2D eigenvalue weighted by Crippen LogP contribution is 2.25. The molecule has 28 heavy (non-hydrogen) atoms. The molecule has 0 fully saturated rings. The number of H-pyrrole nitrogens is 2. The molecule has 10 heteroatoms. The molecule has 0 atom stereocenters. The molecule has 0 aliphatic heterocycles. The van der Waals surface area contributed by atoms with Gasteiger partial charge in [0.1, 0.15) is 10.5 Å². The Morgan fingerprint density at radius 1 is 1.21 bits per heavy atom. The molecule has 4 aromatic rings. The first kappa shape index (κ1) is 19.0. The average molecular weight is 435 g/mol. The lowest BCUT2D eigenvalue weighted by atomic mass is 10.1. The molecule has 7 nitrogen and oxygen atoms in total. The van der Waals surface area contributed by atoms with Crippen LogP contribution in [0.3, 0.4) is 0 Å². The number of benzene rings is 1. The van der Waals surface area contributed by atoms with Crippen LogP contribution < -0.4 is 5.32 Å². The van der Waals surface area contributed by atoms with Gasteiger partial charge in [-0.2, -0.15) is 4.98 Å². The quantitative estimate of drug-likeness (QED) is 0.232. The van der Waals surface area contributed by atoms with Gasteiger partial charge in [-0.3, -0.25) is 4.79 Å². The topological polar surface area (TPSA) is 99.3 Å². The molecule has 0 saturated carbocycles. The van der Waals surface area contributed by atoms with Gasteiger partial charge in [0, 0.05) is 40.8 Å². The molecule has 0 aliphatic rings. The number of carbonyl (C=O) groups is 1. The molecule has 3 heterocycles. The van der Waals surface area contributed by atoms with Gasteiger partial charge in [0.25, 0.3) is 0 Å². The van der Waals surface area contributed by atoms with Crippen LogP contribution in [0.4, 0.5) is 0 Å². The van der Waals surface area contributed by atoms with Crippen LogP contribution in [0.5, 0.6) is 0 Å². The van der Waals surface area contributed by atoms with E-state index in [1.54, 1.807) is 6.33 Å². The lowest BCUT2D eigenvalue weighted by Crippen LogP contribution is -2.25. The minimum absolute atomic E-state index is 0.00798. The highest BCUT2D eigenvalue weighted by Gasteiger charge is 2.11. The number of fused-ring (bicyclic) bond motifs is 2. The largest absolute Gasteiger partial charge is 0.361 e. The maximum Gasteiger partial charge on any atom is 0.225 e. The second-order valence-corrected chi connectivity index (χ2v) is 7.96. The Balaban J connectivity index is 1.26. The highest BCUT2D eigenvalue weighted by atomic mass is 35.5. The summed E-state index contributed by atoms with van der Waals surface area (Å²) < 4.78 is 0. The summed E-state index contributed by atoms with van der Waals surface area (Å²) in [6, 6.07) is 5.74. The smallest absolute Gasteiger partial charge is 0.225 e. The number of imidazole rings is 1. The van der Waals surface area contributed by atoms with Crippen molar-refractivity contribution in [1.82, 2.24) is 30.2 Å². The van der Waals surface area contributed by atoms with Crippen LogP contribution >= 0.6 is 35.0 Å². The molecule has 0 radical (unpaired) electrons. The van der Waals surface area contributed by atoms with Crippen LogP contribution in [0.1, 0.15) is 12.0 Å². The third-order valence-corrected chi connectivity index (χ3v) is 5.62. The average Bonchev–Trinajstić information content (AvgIpc) is 3.28. The zero-order valence-corrected chi connectivity index (χ0v) is 17.0. The van der Waals surface area contributed by atoms with E-state index in [0.29, 0.717) is 34.4 Å². The fraction of sp³-hybridized carbons (Fsp3) is 0.222. The van der Waals surface area contributed by atoms with Crippen molar-refractivity contribution in [3.63, 3.8) is 0 Å². The van der Waals surface area contributed by atoms with Crippen molar-refractivity contribution in [2.45, 2.75) is 17.9 Å². The van der Waals surface area contributed by atoms with E-state index in [0.717, 1.165) is 28.4 Å². The number of amides is 1. The van der Waals surface area contributed by atoms with Gasteiger partial charge in [-0.25, -0.2) is 9.97 Å². The number of hydrogen-bond donors (Lipinski definition) is 3. The highest BCUT2D eigenvalue weighted by molar-refractivity contribution is 7.99. The minimum Gasteiger partial charge on any atom is -0.361 e. The Bertz CT molecular complexity index is 1140. The molecule has 1 amide bonds. The monoisotopic (exact) mass is 434 g/mol. The molecule has 0 unspecified atom stereocenters. The summed E-state index contributed by atoms with van der Waals surface area (Å²) in [5, 5.41) is 5.57. The van der Waals surface area contributed by atoms with E-state index >= 15 is 0 Å². The van der Waals surface area contributed by atoms with Crippen LogP contribution in [0, 0.1) is 0 Å². The van der Waals surface area contributed by atoms with E-state index in [4.69, 9.17) is 23.2 Å². The minimum atomic E-state index is -0.00798. The molecule has 0 aliphatic carbocycles. The van der Waals surface area contributed by atoms with Crippen molar-refractivity contribution in [3.05, 3.63) is 46.6 Å². The standard InChI is InChI=1S/C18H16Cl2N6OS/c19-11-1-2-13-12(7-11)10(8-22-13)3-5-21-14(27)4-6-28-17-15-16(24-9-23-15)25-18(20)26-17/h1-2,7-9,22H,3-6H2,(H,21,27)(H,23,24,25,26). The zero-order valence-electron chi connectivity index (χ0n) is 14.6. The normalized spacial score (nSPS) is 11.4. The maximum absolute atomic E-state index is 12.1. The number of nitrogens with one attached hydrogen (secondary N) is 3. The molecular formula is C18H16Cl2N6OS. The van der Waals surface area contributed by atoms with Gasteiger partial charge in [-0.15, -0.1) is 11.8 Å². The molecule has 0 saturated heterocycles. The number of aromatic amines is 2. The van der Waals surface area contributed by atoms with Crippen molar-refractivity contribution in [2.75, 3.05) is 12.3 Å². The van der Waals surface area contributed by atoms with Gasteiger partial charge >= 0.3 is 0 Å². The molecule has 1 aromatic carbocycles. The van der Waals surface area contributed by atoms with Crippen molar-refractivity contribution < 1.29 is 4.79 Å². The fourth-order valence-electron chi connectivity index (χ4n) is 2.91. The molecule has 144 valence electrons. The van der Waals surface area contributed by atoms with E-state index in [2.05, 4.69) is 30.2 Å². The molecule has 0 bridgehead atoms. The van der Waals surface area contributed by atoms with Gasteiger partial charge < -0.3 is 15.3 Å². The number of halogens is 2. The van der Waals surface area contributed by atoms with Crippen LogP contribution in [-0.4, -0.2) is 43.1 Å². The van der Waals surface area contributed by atoms with Crippen LogP contribution in [0.2, 0.25) is 10.3 Å². The summed E-state index contributed by atoms with van der Waals surface area (Å²) in [7, 11) is 0. The predicted molar refractivity (Wildman–Crippen MR) is 112 cm³/mol. The summed E-state index contributed by atoms with van der Waals surface area (Å²) in [6.07, 6.45) is 4.61. The second-order valence-electron chi connectivity index (χ2n) is 6.10. The van der Waals surface area contributed by atoms with E-state index in [1.807, 2.05) is 24.4 Å². The van der Waals surface area contributed by atoms with Gasteiger partial charge in [-0.05, 0) is 41.8 Å². The lowest BCUT2D eigenvalue weighted by Gasteiger charge is -2.05. The molecule has 0 spiro atoms. The number of rotatable bonds is 7. The SMILES string of the molecule is O=C(CCSc1nc(Cl)nc2nc[nH]c12)NCCc1c[nH]c2ccc(Cl)cc12. The van der Waals surface area contributed by atoms with Crippen molar-refractivity contribution in [3.8, 4) is 0 Å².